The molecular formula is C37H40N4O5. The van der Waals surface area contributed by atoms with Gasteiger partial charge in [0.15, 0.2) is 0 Å². The van der Waals surface area contributed by atoms with E-state index in [4.69, 9.17) is 4.74 Å². The zero-order chi connectivity index (χ0) is 32.5. The molecule has 0 bridgehead atoms. The number of aliphatic carboxylic acids is 1. The quantitative estimate of drug-likeness (QED) is 0.189. The molecule has 1 aromatic heterocycles. The molecule has 3 aromatic carbocycles. The van der Waals surface area contributed by atoms with Gasteiger partial charge in [0.1, 0.15) is 0 Å². The summed E-state index contributed by atoms with van der Waals surface area (Å²) >= 11 is 0. The number of amides is 2. The van der Waals surface area contributed by atoms with Crippen molar-refractivity contribution < 1.29 is 24.2 Å². The van der Waals surface area contributed by atoms with E-state index in [0.717, 1.165) is 59.4 Å². The molecule has 0 saturated carbocycles. The first-order chi connectivity index (χ1) is 22.3. The standard InChI is InChI=1S/C37H40N4O5/c1-26-12-14-28(15-13-26)34(23-35(42)43)41(36(44)31-11-8-18-38-24-31)25-27-9-7-10-29(21-27)30-16-17-33(32(22-30)39-37(45)46-2)40-19-5-3-4-6-20-40/h7-18,21-22,24,34H,3-6,19-20,23,25H2,1-2H3,(H,39,45)(H,42,43). The van der Waals surface area contributed by atoms with Crippen molar-refractivity contribution in [3.05, 3.63) is 114 Å². The summed E-state index contributed by atoms with van der Waals surface area (Å²) in [7, 11) is 1.35. The molecule has 2 amide bonds. The number of aromatic nitrogens is 1. The molecule has 1 aliphatic heterocycles. The summed E-state index contributed by atoms with van der Waals surface area (Å²) in [6, 6.07) is 24.1. The molecule has 2 N–H and O–H groups in total. The van der Waals surface area contributed by atoms with E-state index >= 15 is 0 Å². The van der Waals surface area contributed by atoms with E-state index in [0.29, 0.717) is 11.3 Å². The number of anilines is 2. The second kappa shape index (κ2) is 15.2. The van der Waals surface area contributed by atoms with Gasteiger partial charge in [-0.1, -0.05) is 66.9 Å². The van der Waals surface area contributed by atoms with Crippen molar-refractivity contribution in [2.75, 3.05) is 30.4 Å². The fraction of sp³-hybridized carbons (Fsp3) is 0.297. The van der Waals surface area contributed by atoms with Crippen LogP contribution in [0.25, 0.3) is 11.1 Å². The molecular weight excluding hydrogens is 580 g/mol. The zero-order valence-corrected chi connectivity index (χ0v) is 26.3. The van der Waals surface area contributed by atoms with Crippen molar-refractivity contribution in [3.8, 4) is 11.1 Å². The second-order valence-electron chi connectivity index (χ2n) is 11.6. The number of rotatable bonds is 10. The van der Waals surface area contributed by atoms with E-state index < -0.39 is 18.1 Å². The van der Waals surface area contributed by atoms with E-state index in [9.17, 15) is 19.5 Å². The number of carboxylic acids is 1. The maximum atomic E-state index is 14.0. The van der Waals surface area contributed by atoms with E-state index in [2.05, 4.69) is 15.2 Å². The predicted octanol–water partition coefficient (Wildman–Crippen LogP) is 7.47. The number of ether oxygens (including phenoxy) is 1. The molecule has 5 rings (SSSR count). The SMILES string of the molecule is COC(=O)Nc1cc(-c2cccc(CN(C(=O)c3cccnc3)C(CC(=O)O)c3ccc(C)cc3)c2)ccc1N1CCCCCC1. The predicted molar refractivity (Wildman–Crippen MR) is 179 cm³/mol. The van der Waals surface area contributed by atoms with E-state index in [1.807, 2.05) is 73.7 Å². The van der Waals surface area contributed by atoms with Crippen molar-refractivity contribution in [2.24, 2.45) is 0 Å². The van der Waals surface area contributed by atoms with Crippen LogP contribution in [0.4, 0.5) is 16.2 Å². The highest BCUT2D eigenvalue weighted by atomic mass is 16.5. The molecule has 0 radical (unpaired) electrons. The van der Waals surface area contributed by atoms with Crippen LogP contribution in [0.2, 0.25) is 0 Å². The third kappa shape index (κ3) is 8.10. The minimum Gasteiger partial charge on any atom is -0.481 e. The molecule has 1 atom stereocenters. The van der Waals surface area contributed by atoms with Crippen LogP contribution in [0, 0.1) is 6.92 Å². The van der Waals surface area contributed by atoms with Crippen LogP contribution < -0.4 is 10.2 Å². The number of carbonyl (C=O) groups excluding carboxylic acids is 2. The molecule has 4 aromatic rings. The van der Waals surface area contributed by atoms with Gasteiger partial charge in [-0.3, -0.25) is 19.9 Å². The molecule has 46 heavy (non-hydrogen) atoms. The first-order valence-electron chi connectivity index (χ1n) is 15.6. The molecule has 0 spiro atoms. The molecule has 9 heteroatoms. The maximum Gasteiger partial charge on any atom is 0.411 e. The summed E-state index contributed by atoms with van der Waals surface area (Å²) in [4.78, 5) is 46.5. The van der Waals surface area contributed by atoms with E-state index in [1.54, 1.807) is 23.2 Å². The number of hydrogen-bond acceptors (Lipinski definition) is 6. The summed E-state index contributed by atoms with van der Waals surface area (Å²) < 4.78 is 4.93. The van der Waals surface area contributed by atoms with Gasteiger partial charge in [-0.15, -0.1) is 0 Å². The largest absolute Gasteiger partial charge is 0.481 e. The average Bonchev–Trinajstić information content (AvgIpc) is 3.36. The summed E-state index contributed by atoms with van der Waals surface area (Å²) in [5, 5.41) is 12.8. The second-order valence-corrected chi connectivity index (χ2v) is 11.6. The Morgan fingerprint density at radius 3 is 2.35 bits per heavy atom. The van der Waals surface area contributed by atoms with Crippen LogP contribution in [0.3, 0.4) is 0 Å². The van der Waals surface area contributed by atoms with Crippen molar-refractivity contribution in [1.82, 2.24) is 9.88 Å². The lowest BCUT2D eigenvalue weighted by Crippen LogP contribution is -2.36. The highest BCUT2D eigenvalue weighted by Crippen LogP contribution is 2.34. The molecule has 0 aliphatic carbocycles. The summed E-state index contributed by atoms with van der Waals surface area (Å²) in [6.07, 6.45) is 6.89. The maximum absolute atomic E-state index is 14.0. The van der Waals surface area contributed by atoms with E-state index in [-0.39, 0.29) is 18.9 Å². The number of hydrogen-bond donors (Lipinski definition) is 2. The monoisotopic (exact) mass is 620 g/mol. The number of pyridine rings is 1. The molecule has 238 valence electrons. The van der Waals surface area contributed by atoms with Crippen molar-refractivity contribution in [1.29, 1.82) is 0 Å². The minimum atomic E-state index is -1.00. The Labute approximate surface area is 269 Å². The lowest BCUT2D eigenvalue weighted by Gasteiger charge is -2.32. The average molecular weight is 621 g/mol. The van der Waals surface area contributed by atoms with Gasteiger partial charge in [-0.2, -0.15) is 0 Å². The first kappa shape index (κ1) is 32.2. The van der Waals surface area contributed by atoms with Crippen molar-refractivity contribution in [3.63, 3.8) is 0 Å². The number of nitrogens with one attached hydrogen (secondary N) is 1. The smallest absolute Gasteiger partial charge is 0.411 e. The minimum absolute atomic E-state index is 0.173. The topological polar surface area (TPSA) is 112 Å². The van der Waals surface area contributed by atoms with Crippen molar-refractivity contribution >= 4 is 29.3 Å². The van der Waals surface area contributed by atoms with Gasteiger partial charge in [0.2, 0.25) is 0 Å². The third-order valence-corrected chi connectivity index (χ3v) is 8.35. The normalized spacial score (nSPS) is 13.7. The van der Waals surface area contributed by atoms with Gasteiger partial charge in [0.25, 0.3) is 5.91 Å². The summed E-state index contributed by atoms with van der Waals surface area (Å²) in [6.45, 7) is 3.98. The van der Waals surface area contributed by atoms with Crippen LogP contribution in [0.1, 0.15) is 65.2 Å². The number of carboxylic acid groups (broad SMARTS) is 1. The Bertz CT molecular complexity index is 1650. The molecule has 9 nitrogen and oxygen atoms in total. The molecule has 1 aliphatic rings. The fourth-order valence-corrected chi connectivity index (χ4v) is 5.95. The lowest BCUT2D eigenvalue weighted by atomic mass is 9.97. The van der Waals surface area contributed by atoms with Gasteiger partial charge >= 0.3 is 12.1 Å². The van der Waals surface area contributed by atoms with Crippen LogP contribution in [-0.2, 0) is 16.1 Å². The van der Waals surface area contributed by atoms with Gasteiger partial charge < -0.3 is 19.6 Å². The first-order valence-corrected chi connectivity index (χ1v) is 15.6. The number of carbonyl (C=O) groups is 3. The third-order valence-electron chi connectivity index (χ3n) is 8.35. The zero-order valence-electron chi connectivity index (χ0n) is 26.3. The number of methoxy groups -OCH3 is 1. The molecule has 1 saturated heterocycles. The van der Waals surface area contributed by atoms with Gasteiger partial charge in [0, 0.05) is 32.0 Å². The summed E-state index contributed by atoms with van der Waals surface area (Å²) in [5.41, 5.74) is 6.40. The highest BCUT2D eigenvalue weighted by molar-refractivity contribution is 5.94. The van der Waals surface area contributed by atoms with E-state index in [1.165, 1.54) is 26.1 Å². The fourth-order valence-electron chi connectivity index (χ4n) is 5.95. The van der Waals surface area contributed by atoms with Crippen LogP contribution in [0.5, 0.6) is 0 Å². The van der Waals surface area contributed by atoms with Crippen molar-refractivity contribution in [2.45, 2.75) is 51.6 Å². The Morgan fingerprint density at radius 2 is 1.67 bits per heavy atom. The van der Waals surface area contributed by atoms with Crippen LogP contribution >= 0.6 is 0 Å². The molecule has 1 fully saturated rings. The number of aryl methyl sites for hydroxylation is 1. The van der Waals surface area contributed by atoms with Gasteiger partial charge in [-0.05, 0) is 72.4 Å². The molecule has 2 heterocycles. The summed E-state index contributed by atoms with van der Waals surface area (Å²) in [5.74, 6) is -1.31. The molecule has 1 unspecified atom stereocenters. The van der Waals surface area contributed by atoms with Gasteiger partial charge in [0.05, 0.1) is 36.5 Å². The van der Waals surface area contributed by atoms with Gasteiger partial charge in [-0.25, -0.2) is 4.79 Å². The lowest BCUT2D eigenvalue weighted by molar-refractivity contribution is -0.138. The Kier molecular flexibility index (Phi) is 10.7. The Hall–Kier alpha value is -5.18. The highest BCUT2D eigenvalue weighted by Gasteiger charge is 2.29. The van der Waals surface area contributed by atoms with Crippen LogP contribution in [-0.4, -0.2) is 53.2 Å². The van der Waals surface area contributed by atoms with Crippen LogP contribution in [0.15, 0.2) is 91.3 Å². The number of benzene rings is 3. The Balaban J connectivity index is 1.51. The number of nitrogens with zero attached hydrogens (tertiary/aromatic N) is 3. The Morgan fingerprint density at radius 1 is 0.935 bits per heavy atom.